The van der Waals surface area contributed by atoms with E-state index in [1.165, 1.54) is 0 Å². The standard InChI is InChI=1S/C20H23NO5S/c1-13-3-6-15(7-4-13)27(22,23)19-18(20(19,10-21)11-24-2)14-5-8-16-17(9-14)26-12-25-16/h3-9,18-19H,10-12,21H2,1-2H3/t18-,19+,20+/m1/s1. The maximum Gasteiger partial charge on any atom is 0.231 e. The normalized spacial score (nSPS) is 26.2. The van der Waals surface area contributed by atoms with Crippen LogP contribution in [-0.4, -0.2) is 40.7 Å². The van der Waals surface area contributed by atoms with Crippen LogP contribution in [0.15, 0.2) is 47.4 Å². The van der Waals surface area contributed by atoms with Gasteiger partial charge in [-0.05, 0) is 36.8 Å². The second-order valence-electron chi connectivity index (χ2n) is 7.24. The van der Waals surface area contributed by atoms with E-state index in [9.17, 15) is 8.42 Å². The lowest BCUT2D eigenvalue weighted by molar-refractivity contribution is 0.142. The summed E-state index contributed by atoms with van der Waals surface area (Å²) in [5, 5.41) is -0.641. The van der Waals surface area contributed by atoms with Crippen molar-refractivity contribution >= 4 is 9.84 Å². The second kappa shape index (κ2) is 6.51. The minimum atomic E-state index is -3.57. The third-order valence-electron chi connectivity index (χ3n) is 5.61. The first-order chi connectivity index (χ1) is 12.9. The van der Waals surface area contributed by atoms with Gasteiger partial charge in [-0.3, -0.25) is 0 Å². The molecule has 2 aliphatic rings. The van der Waals surface area contributed by atoms with Crippen molar-refractivity contribution in [2.45, 2.75) is 23.0 Å². The number of sulfone groups is 1. The smallest absolute Gasteiger partial charge is 0.231 e. The highest BCUT2D eigenvalue weighted by Gasteiger charge is 2.70. The Kier molecular flexibility index (Phi) is 4.41. The molecule has 0 radical (unpaired) electrons. The number of hydrogen-bond acceptors (Lipinski definition) is 6. The van der Waals surface area contributed by atoms with Gasteiger partial charge >= 0.3 is 0 Å². The number of aryl methyl sites for hydroxylation is 1. The van der Waals surface area contributed by atoms with E-state index in [0.717, 1.165) is 11.1 Å². The van der Waals surface area contributed by atoms with Gasteiger partial charge in [-0.25, -0.2) is 8.42 Å². The first-order valence-electron chi connectivity index (χ1n) is 8.83. The molecule has 6 nitrogen and oxygen atoms in total. The van der Waals surface area contributed by atoms with Crippen LogP contribution in [0, 0.1) is 12.3 Å². The molecule has 7 heteroatoms. The van der Waals surface area contributed by atoms with Crippen LogP contribution in [0.25, 0.3) is 0 Å². The number of benzene rings is 2. The van der Waals surface area contributed by atoms with Crippen LogP contribution in [0.3, 0.4) is 0 Å². The van der Waals surface area contributed by atoms with E-state index < -0.39 is 20.5 Å². The summed E-state index contributed by atoms with van der Waals surface area (Å²) < 4.78 is 43.0. The SMILES string of the molecule is COC[C@@]1(CN)[C@H](c2ccc3c(c2)OCO3)[C@@H]1S(=O)(=O)c1ccc(C)cc1. The Balaban J connectivity index is 1.76. The minimum Gasteiger partial charge on any atom is -0.454 e. The average molecular weight is 389 g/mol. The second-order valence-corrected chi connectivity index (χ2v) is 9.31. The van der Waals surface area contributed by atoms with Gasteiger partial charge in [0.2, 0.25) is 6.79 Å². The highest BCUT2D eigenvalue weighted by atomic mass is 32.2. The van der Waals surface area contributed by atoms with Gasteiger partial charge in [0.25, 0.3) is 0 Å². The quantitative estimate of drug-likeness (QED) is 0.815. The predicted molar refractivity (Wildman–Crippen MR) is 101 cm³/mol. The Hall–Kier alpha value is -2.09. The predicted octanol–water partition coefficient (Wildman–Crippen LogP) is 2.25. The van der Waals surface area contributed by atoms with Crippen molar-refractivity contribution in [2.24, 2.45) is 11.1 Å². The van der Waals surface area contributed by atoms with Crippen molar-refractivity contribution < 1.29 is 22.6 Å². The molecule has 0 bridgehead atoms. The van der Waals surface area contributed by atoms with Crippen LogP contribution in [0.2, 0.25) is 0 Å². The number of hydrogen-bond donors (Lipinski definition) is 1. The largest absolute Gasteiger partial charge is 0.454 e. The van der Waals surface area contributed by atoms with E-state index in [2.05, 4.69) is 0 Å². The fourth-order valence-corrected chi connectivity index (χ4v) is 6.62. The van der Waals surface area contributed by atoms with Crippen molar-refractivity contribution in [3.63, 3.8) is 0 Å². The zero-order valence-electron chi connectivity index (χ0n) is 15.3. The lowest BCUT2D eigenvalue weighted by Gasteiger charge is -2.15. The van der Waals surface area contributed by atoms with Crippen molar-refractivity contribution in [3.05, 3.63) is 53.6 Å². The lowest BCUT2D eigenvalue weighted by Crippen LogP contribution is -2.28. The average Bonchev–Trinajstić information content (AvgIpc) is 3.10. The summed E-state index contributed by atoms with van der Waals surface area (Å²) in [6.07, 6.45) is 0. The first kappa shape index (κ1) is 18.3. The molecule has 27 heavy (non-hydrogen) atoms. The van der Waals surface area contributed by atoms with Gasteiger partial charge in [-0.2, -0.15) is 0 Å². The minimum absolute atomic E-state index is 0.175. The number of fused-ring (bicyclic) bond motifs is 1. The highest BCUT2D eigenvalue weighted by molar-refractivity contribution is 7.92. The van der Waals surface area contributed by atoms with Gasteiger partial charge in [0.1, 0.15) is 0 Å². The summed E-state index contributed by atoms with van der Waals surface area (Å²) in [6.45, 7) is 2.60. The molecule has 0 saturated heterocycles. The molecule has 0 spiro atoms. The topological polar surface area (TPSA) is 87.8 Å². The van der Waals surface area contributed by atoms with E-state index in [-0.39, 0.29) is 25.9 Å². The molecule has 1 heterocycles. The summed E-state index contributed by atoms with van der Waals surface area (Å²) >= 11 is 0. The number of methoxy groups -OCH3 is 1. The van der Waals surface area contributed by atoms with Crippen LogP contribution >= 0.6 is 0 Å². The molecule has 0 aromatic heterocycles. The highest BCUT2D eigenvalue weighted by Crippen LogP contribution is 2.64. The Morgan fingerprint density at radius 1 is 1.15 bits per heavy atom. The van der Waals surface area contributed by atoms with Gasteiger partial charge < -0.3 is 19.9 Å². The molecule has 1 fully saturated rings. The maximum absolute atomic E-state index is 13.4. The summed E-state index contributed by atoms with van der Waals surface area (Å²) in [6, 6.07) is 12.5. The molecule has 4 rings (SSSR count). The van der Waals surface area contributed by atoms with Crippen molar-refractivity contribution in [3.8, 4) is 11.5 Å². The summed E-state index contributed by atoms with van der Waals surface area (Å²) in [5.74, 6) is 1.04. The fraction of sp³-hybridized carbons (Fsp3) is 0.400. The zero-order chi connectivity index (χ0) is 19.2. The van der Waals surface area contributed by atoms with Gasteiger partial charge in [-0.15, -0.1) is 0 Å². The van der Waals surface area contributed by atoms with Crippen LogP contribution in [-0.2, 0) is 14.6 Å². The van der Waals surface area contributed by atoms with Crippen LogP contribution < -0.4 is 15.2 Å². The van der Waals surface area contributed by atoms with Crippen LogP contribution in [0.1, 0.15) is 17.0 Å². The molecule has 0 amide bonds. The Labute approximate surface area is 159 Å². The van der Waals surface area contributed by atoms with Crippen molar-refractivity contribution in [2.75, 3.05) is 27.1 Å². The van der Waals surface area contributed by atoms with E-state index in [0.29, 0.717) is 16.4 Å². The van der Waals surface area contributed by atoms with E-state index >= 15 is 0 Å². The molecule has 1 saturated carbocycles. The molecule has 2 aromatic rings. The summed E-state index contributed by atoms with van der Waals surface area (Å²) in [7, 11) is -2.00. The molecular weight excluding hydrogens is 366 g/mol. The molecule has 3 atom stereocenters. The van der Waals surface area contributed by atoms with Gasteiger partial charge in [0, 0.05) is 25.0 Å². The Morgan fingerprint density at radius 3 is 2.52 bits per heavy atom. The lowest BCUT2D eigenvalue weighted by atomic mass is 9.99. The maximum atomic E-state index is 13.4. The Bertz CT molecular complexity index is 957. The van der Waals surface area contributed by atoms with E-state index in [1.807, 2.05) is 37.3 Å². The summed E-state index contributed by atoms with van der Waals surface area (Å²) in [4.78, 5) is 0.315. The zero-order valence-corrected chi connectivity index (χ0v) is 16.2. The van der Waals surface area contributed by atoms with Gasteiger partial charge in [0.15, 0.2) is 21.3 Å². The van der Waals surface area contributed by atoms with Crippen molar-refractivity contribution in [1.82, 2.24) is 0 Å². The first-order valence-corrected chi connectivity index (χ1v) is 10.4. The van der Waals surface area contributed by atoms with Gasteiger partial charge in [-0.1, -0.05) is 23.8 Å². The third-order valence-corrected chi connectivity index (χ3v) is 7.95. The molecule has 144 valence electrons. The van der Waals surface area contributed by atoms with Crippen LogP contribution in [0.4, 0.5) is 0 Å². The molecule has 1 aliphatic heterocycles. The van der Waals surface area contributed by atoms with Crippen molar-refractivity contribution in [1.29, 1.82) is 0 Å². The molecule has 2 aromatic carbocycles. The fourth-order valence-electron chi connectivity index (χ4n) is 4.17. The summed E-state index contributed by atoms with van der Waals surface area (Å²) in [5.41, 5.74) is 7.31. The van der Waals surface area contributed by atoms with E-state index in [1.54, 1.807) is 19.2 Å². The number of ether oxygens (including phenoxy) is 3. The monoisotopic (exact) mass is 389 g/mol. The number of rotatable bonds is 6. The van der Waals surface area contributed by atoms with Crippen LogP contribution in [0.5, 0.6) is 11.5 Å². The van der Waals surface area contributed by atoms with E-state index in [4.69, 9.17) is 19.9 Å². The van der Waals surface area contributed by atoms with Gasteiger partial charge in [0.05, 0.1) is 16.8 Å². The third kappa shape index (κ3) is 2.81. The molecule has 0 unspecified atom stereocenters. The molecular formula is C20H23NO5S. The number of nitrogens with two attached hydrogens (primary N) is 1. The Morgan fingerprint density at radius 2 is 1.85 bits per heavy atom. The molecule has 1 aliphatic carbocycles. The molecule has 2 N–H and O–H groups in total.